The van der Waals surface area contributed by atoms with Crippen LogP contribution in [0.25, 0.3) is 0 Å². The molecule has 19 heavy (non-hydrogen) atoms. The van der Waals surface area contributed by atoms with Crippen molar-refractivity contribution >= 4 is 11.8 Å². The fourth-order valence-corrected chi connectivity index (χ4v) is 3.96. The number of nitrogens with one attached hydrogen (secondary N) is 1. The molecule has 0 spiro atoms. The number of rotatable bonds is 3. The maximum absolute atomic E-state index is 12.6. The smallest absolute Gasteiger partial charge is 0.235 e. The van der Waals surface area contributed by atoms with Gasteiger partial charge in [0.05, 0.1) is 11.0 Å². The Balaban J connectivity index is 1.86. The molecule has 0 aromatic rings. The first-order valence-corrected chi connectivity index (χ1v) is 7.36. The van der Waals surface area contributed by atoms with Gasteiger partial charge in [-0.1, -0.05) is 20.8 Å². The van der Waals surface area contributed by atoms with E-state index in [-0.39, 0.29) is 22.8 Å². The Morgan fingerprint density at radius 3 is 2.11 bits per heavy atom. The largest absolute Gasteiger partial charge is 0.316 e. The molecule has 4 heteroatoms. The number of hydrogen-bond acceptors (Lipinski definition) is 3. The van der Waals surface area contributed by atoms with Crippen molar-refractivity contribution in [3.63, 3.8) is 0 Å². The van der Waals surface area contributed by atoms with Crippen LogP contribution in [0.5, 0.6) is 0 Å². The summed E-state index contributed by atoms with van der Waals surface area (Å²) in [5.41, 5.74) is -0.412. The monoisotopic (exact) mass is 264 g/mol. The van der Waals surface area contributed by atoms with Crippen LogP contribution in [0.1, 0.15) is 52.9 Å². The van der Waals surface area contributed by atoms with E-state index in [1.807, 2.05) is 13.8 Å². The lowest BCUT2D eigenvalue weighted by atomic mass is 9.63. The third-order valence-corrected chi connectivity index (χ3v) is 5.24. The van der Waals surface area contributed by atoms with Gasteiger partial charge >= 0.3 is 0 Å². The zero-order valence-corrected chi connectivity index (χ0v) is 12.2. The molecule has 1 aliphatic carbocycles. The van der Waals surface area contributed by atoms with Crippen LogP contribution in [0.3, 0.4) is 0 Å². The molecule has 0 radical (unpaired) electrons. The highest BCUT2D eigenvalue weighted by atomic mass is 16.2. The molecule has 4 nitrogen and oxygen atoms in total. The number of hydrogen-bond donors (Lipinski definition) is 1. The van der Waals surface area contributed by atoms with Crippen molar-refractivity contribution < 1.29 is 9.59 Å². The van der Waals surface area contributed by atoms with Crippen molar-refractivity contribution in [2.24, 2.45) is 10.8 Å². The second-order valence-electron chi connectivity index (χ2n) is 7.76. The first-order chi connectivity index (χ1) is 8.78. The van der Waals surface area contributed by atoms with Gasteiger partial charge in [0.25, 0.3) is 0 Å². The maximum Gasteiger partial charge on any atom is 0.235 e. The first kappa shape index (κ1) is 13.1. The van der Waals surface area contributed by atoms with E-state index < -0.39 is 5.41 Å². The van der Waals surface area contributed by atoms with Crippen molar-refractivity contribution in [1.82, 2.24) is 10.2 Å². The van der Waals surface area contributed by atoms with E-state index in [1.54, 1.807) is 4.90 Å². The van der Waals surface area contributed by atoms with E-state index in [2.05, 4.69) is 12.2 Å². The third-order valence-electron chi connectivity index (χ3n) is 5.24. The van der Waals surface area contributed by atoms with Crippen molar-refractivity contribution in [3.05, 3.63) is 0 Å². The summed E-state index contributed by atoms with van der Waals surface area (Å²) in [7, 11) is 0. The third kappa shape index (κ3) is 1.83. The van der Waals surface area contributed by atoms with Crippen LogP contribution in [-0.4, -0.2) is 35.3 Å². The first-order valence-electron chi connectivity index (χ1n) is 7.36. The Bertz CT molecular complexity index is 433. The van der Waals surface area contributed by atoms with Gasteiger partial charge in [-0.05, 0) is 31.1 Å². The highest BCUT2D eigenvalue weighted by molar-refractivity contribution is 6.06. The maximum atomic E-state index is 12.6. The molecule has 2 amide bonds. The molecule has 0 aromatic carbocycles. The van der Waals surface area contributed by atoms with E-state index in [4.69, 9.17) is 0 Å². The van der Waals surface area contributed by atoms with Crippen LogP contribution in [-0.2, 0) is 9.59 Å². The second-order valence-corrected chi connectivity index (χ2v) is 7.76. The topological polar surface area (TPSA) is 49.4 Å². The molecule has 2 saturated heterocycles. The van der Waals surface area contributed by atoms with Crippen molar-refractivity contribution in [2.75, 3.05) is 13.1 Å². The van der Waals surface area contributed by atoms with Gasteiger partial charge in [0.1, 0.15) is 0 Å². The number of nitrogens with zero attached hydrogens (tertiary/aromatic N) is 1. The molecule has 106 valence electrons. The normalized spacial score (nSPS) is 31.0. The Labute approximate surface area is 114 Å². The van der Waals surface area contributed by atoms with Gasteiger partial charge in [-0.3, -0.25) is 14.5 Å². The summed E-state index contributed by atoms with van der Waals surface area (Å²) in [4.78, 5) is 26.5. The van der Waals surface area contributed by atoms with Gasteiger partial charge in [0.15, 0.2) is 0 Å². The lowest BCUT2D eigenvalue weighted by Crippen LogP contribution is -2.63. The fourth-order valence-electron chi connectivity index (χ4n) is 3.96. The molecule has 3 fully saturated rings. The average molecular weight is 264 g/mol. The van der Waals surface area contributed by atoms with Crippen LogP contribution in [0.15, 0.2) is 0 Å². The van der Waals surface area contributed by atoms with Crippen LogP contribution in [0.2, 0.25) is 0 Å². The van der Waals surface area contributed by atoms with Crippen LogP contribution in [0.4, 0.5) is 0 Å². The lowest BCUT2D eigenvalue weighted by Gasteiger charge is -2.54. The quantitative estimate of drug-likeness (QED) is 0.789. The summed E-state index contributed by atoms with van der Waals surface area (Å²) in [6, 6.07) is 0. The zero-order chi connectivity index (χ0) is 13.9. The van der Waals surface area contributed by atoms with Crippen LogP contribution >= 0.6 is 0 Å². The van der Waals surface area contributed by atoms with Gasteiger partial charge in [-0.25, -0.2) is 0 Å². The zero-order valence-electron chi connectivity index (χ0n) is 12.2. The van der Waals surface area contributed by atoms with Gasteiger partial charge in [0, 0.05) is 19.5 Å². The number of imide groups is 1. The molecule has 2 aliphatic heterocycles. The SMILES string of the molecule is CC1(CC2(N3C(=O)CC(C)(C)C3=O)CCC2)CNC1. The van der Waals surface area contributed by atoms with Gasteiger partial charge < -0.3 is 5.32 Å². The molecule has 0 unspecified atom stereocenters. The lowest BCUT2D eigenvalue weighted by molar-refractivity contribution is -0.155. The Hall–Kier alpha value is -0.900. The minimum absolute atomic E-state index is 0.0468. The summed E-state index contributed by atoms with van der Waals surface area (Å²) in [6.07, 6.45) is 4.48. The van der Waals surface area contributed by atoms with Gasteiger partial charge in [0.2, 0.25) is 11.8 Å². The van der Waals surface area contributed by atoms with Gasteiger partial charge in [-0.15, -0.1) is 0 Å². The molecule has 2 heterocycles. The summed E-state index contributed by atoms with van der Waals surface area (Å²) in [5.74, 6) is 0.0960. The second kappa shape index (κ2) is 3.81. The molecule has 3 aliphatic rings. The van der Waals surface area contributed by atoms with E-state index in [0.29, 0.717) is 6.42 Å². The van der Waals surface area contributed by atoms with Crippen molar-refractivity contribution in [2.45, 2.75) is 58.4 Å². The summed E-state index contributed by atoms with van der Waals surface area (Å²) in [6.45, 7) is 8.07. The summed E-state index contributed by atoms with van der Waals surface area (Å²) in [5, 5.41) is 3.31. The van der Waals surface area contributed by atoms with Gasteiger partial charge in [-0.2, -0.15) is 0 Å². The Morgan fingerprint density at radius 2 is 1.79 bits per heavy atom. The van der Waals surface area contributed by atoms with E-state index in [1.165, 1.54) is 0 Å². The predicted molar refractivity (Wildman–Crippen MR) is 72.4 cm³/mol. The number of carbonyl (C=O) groups is 2. The summed E-state index contributed by atoms with van der Waals surface area (Å²) < 4.78 is 0. The number of likely N-dealkylation sites (tertiary alicyclic amines) is 1. The molecule has 3 rings (SSSR count). The predicted octanol–water partition coefficient (Wildman–Crippen LogP) is 1.69. The Kier molecular flexibility index (Phi) is 2.63. The van der Waals surface area contributed by atoms with E-state index in [9.17, 15) is 9.59 Å². The molecular formula is C15H24N2O2. The van der Waals surface area contributed by atoms with Crippen LogP contribution in [0, 0.1) is 10.8 Å². The highest BCUT2D eigenvalue weighted by Crippen LogP contribution is 2.50. The van der Waals surface area contributed by atoms with E-state index in [0.717, 1.165) is 38.8 Å². The molecule has 1 N–H and O–H groups in total. The standard InChI is InChI=1S/C15H24N2O2/c1-13(2)7-11(18)17(12(13)19)15(5-4-6-15)8-14(3)9-16-10-14/h16H,4-10H2,1-3H3. The molecule has 1 saturated carbocycles. The molecule has 0 aromatic heterocycles. The minimum Gasteiger partial charge on any atom is -0.316 e. The molecule has 0 atom stereocenters. The fraction of sp³-hybridized carbons (Fsp3) is 0.867. The minimum atomic E-state index is -0.502. The molecular weight excluding hydrogens is 240 g/mol. The number of amides is 2. The summed E-state index contributed by atoms with van der Waals surface area (Å²) >= 11 is 0. The molecule has 0 bridgehead atoms. The van der Waals surface area contributed by atoms with Crippen molar-refractivity contribution in [3.8, 4) is 0 Å². The highest BCUT2D eigenvalue weighted by Gasteiger charge is 2.58. The number of carbonyl (C=O) groups excluding carboxylic acids is 2. The Morgan fingerprint density at radius 1 is 1.16 bits per heavy atom. The van der Waals surface area contributed by atoms with Crippen molar-refractivity contribution in [1.29, 1.82) is 0 Å². The van der Waals surface area contributed by atoms with E-state index >= 15 is 0 Å². The van der Waals surface area contributed by atoms with Crippen LogP contribution < -0.4 is 5.32 Å². The average Bonchev–Trinajstić information content (AvgIpc) is 2.41.